The van der Waals surface area contributed by atoms with Crippen LogP contribution in [0.1, 0.15) is 35.8 Å². The molecule has 2 heteroatoms. The SMILES string of the molecule is [2H]c1c([2H])c([2H])c(-n2c3c([2H])c([2H])c([2H])c([2H])c3c3c([2H])c(-n4c5c([2H])c([2H])c([2H])c([2H])c5c5c([2H])c(C)c([2H])c([2H])c54)c([2H])c([2H])c32)c(C)c1[2H]. The van der Waals surface area contributed by atoms with Gasteiger partial charge in [-0.05, 0) is 67.8 Å². The number of benzene rings is 5. The Balaban J connectivity index is 1.86. The molecule has 0 N–H and O–H groups in total. The molecule has 0 aliphatic carbocycles. The van der Waals surface area contributed by atoms with Gasteiger partial charge in [-0.2, -0.15) is 0 Å². The number of aromatic nitrogens is 2. The molecule has 2 aromatic heterocycles. The van der Waals surface area contributed by atoms with Gasteiger partial charge in [0.1, 0.15) is 0 Å². The first-order chi connectivity index (χ1) is 24.2. The van der Waals surface area contributed by atoms with Crippen molar-refractivity contribution in [2.24, 2.45) is 0 Å². The van der Waals surface area contributed by atoms with Crippen molar-refractivity contribution in [3.63, 3.8) is 0 Å². The predicted octanol–water partition coefficient (Wildman–Crippen LogP) is 8.50. The molecule has 0 spiro atoms. The van der Waals surface area contributed by atoms with E-state index in [-0.39, 0.29) is 66.5 Å². The molecular formula is C32H24N2. The van der Waals surface area contributed by atoms with Crippen molar-refractivity contribution in [2.75, 3.05) is 0 Å². The van der Waals surface area contributed by atoms with E-state index >= 15 is 0 Å². The summed E-state index contributed by atoms with van der Waals surface area (Å²) in [7, 11) is 0. The van der Waals surface area contributed by atoms with Crippen molar-refractivity contribution in [2.45, 2.75) is 13.8 Å². The Bertz CT molecular complexity index is 2740. The van der Waals surface area contributed by atoms with Gasteiger partial charge < -0.3 is 9.13 Å². The Morgan fingerprint density at radius 2 is 1.06 bits per heavy atom. The van der Waals surface area contributed by atoms with Gasteiger partial charge in [-0.3, -0.25) is 0 Å². The maximum Gasteiger partial charge on any atom is 0.0652 e. The van der Waals surface area contributed by atoms with E-state index in [0.717, 1.165) is 9.13 Å². The number of nitrogens with zero attached hydrogens (tertiary/aromatic N) is 2. The molecule has 0 fully saturated rings. The van der Waals surface area contributed by atoms with Crippen LogP contribution >= 0.6 is 0 Å². The van der Waals surface area contributed by atoms with Gasteiger partial charge in [0.15, 0.2) is 0 Å². The summed E-state index contributed by atoms with van der Waals surface area (Å²) < 4.78 is 160. The lowest BCUT2D eigenvalue weighted by Gasteiger charge is -2.12. The minimum atomic E-state index is -0.778. The van der Waals surface area contributed by atoms with Crippen LogP contribution in [0.5, 0.6) is 0 Å². The van der Waals surface area contributed by atoms with Gasteiger partial charge in [0.05, 0.1) is 46.7 Å². The number of rotatable bonds is 2. The fourth-order valence-electron chi connectivity index (χ4n) is 4.26. The number of hydrogen-bond acceptors (Lipinski definition) is 0. The molecule has 0 radical (unpaired) electrons. The zero-order valence-corrected chi connectivity index (χ0v) is 17.9. The fraction of sp³-hybridized carbons (Fsp3) is 0.0625. The molecular weight excluding hydrogens is 412 g/mol. The molecule has 0 unspecified atom stereocenters. The zero-order valence-electron chi connectivity index (χ0n) is 35.9. The molecule has 0 bridgehead atoms. The lowest BCUT2D eigenvalue weighted by Crippen LogP contribution is -1.97. The predicted molar refractivity (Wildman–Crippen MR) is 145 cm³/mol. The number of para-hydroxylation sites is 3. The second-order valence-electron chi connectivity index (χ2n) is 7.76. The highest BCUT2D eigenvalue weighted by Crippen LogP contribution is 2.37. The third-order valence-corrected chi connectivity index (χ3v) is 5.72. The Hall–Kier alpha value is -4.30. The van der Waals surface area contributed by atoms with Crippen LogP contribution in [-0.2, 0) is 0 Å². The molecule has 0 aliphatic heterocycles. The Kier molecular flexibility index (Phi) is 1.77. The largest absolute Gasteiger partial charge is 0.309 e. The van der Waals surface area contributed by atoms with Crippen LogP contribution in [0.3, 0.4) is 0 Å². The minimum Gasteiger partial charge on any atom is -0.309 e. The van der Waals surface area contributed by atoms with E-state index in [9.17, 15) is 4.11 Å². The molecule has 34 heavy (non-hydrogen) atoms. The van der Waals surface area contributed by atoms with E-state index in [1.807, 2.05) is 0 Å². The van der Waals surface area contributed by atoms with Crippen molar-refractivity contribution in [3.8, 4) is 11.4 Å². The van der Waals surface area contributed by atoms with Crippen molar-refractivity contribution < 1.29 is 24.7 Å². The van der Waals surface area contributed by atoms with Gasteiger partial charge >= 0.3 is 0 Å². The maximum atomic E-state index is 9.63. The van der Waals surface area contributed by atoms with E-state index < -0.39 is 108 Å². The van der Waals surface area contributed by atoms with Crippen LogP contribution < -0.4 is 0 Å². The molecule has 0 aliphatic rings. The van der Waals surface area contributed by atoms with Gasteiger partial charge in [-0.25, -0.2) is 0 Å². The Morgan fingerprint density at radius 1 is 0.500 bits per heavy atom. The van der Waals surface area contributed by atoms with E-state index in [0.29, 0.717) is 0 Å². The van der Waals surface area contributed by atoms with Crippen molar-refractivity contribution in [1.29, 1.82) is 0 Å². The first kappa shape index (κ1) is 8.48. The third-order valence-electron chi connectivity index (χ3n) is 5.72. The first-order valence-corrected chi connectivity index (χ1v) is 10.3. The topological polar surface area (TPSA) is 9.86 Å². The normalized spacial score (nSPS) is 19.2. The van der Waals surface area contributed by atoms with Crippen LogP contribution in [0.25, 0.3) is 55.0 Å². The number of fused-ring (bicyclic) bond motifs is 6. The van der Waals surface area contributed by atoms with E-state index in [2.05, 4.69) is 0 Å². The summed E-state index contributed by atoms with van der Waals surface area (Å²) in [5.74, 6) is 0. The summed E-state index contributed by atoms with van der Waals surface area (Å²) in [6.07, 6.45) is 0. The second-order valence-corrected chi connectivity index (χ2v) is 7.76. The average Bonchev–Trinajstić information content (AvgIpc) is 3.65. The molecule has 0 atom stereocenters. The molecule has 0 amide bonds. The third kappa shape index (κ3) is 2.63. The molecule has 5 aromatic carbocycles. The lowest BCUT2D eigenvalue weighted by atomic mass is 10.1. The molecule has 0 saturated carbocycles. The highest BCUT2D eigenvalue weighted by Gasteiger charge is 2.16. The maximum absolute atomic E-state index is 9.63. The first-order valence-electron chi connectivity index (χ1n) is 19.3. The summed E-state index contributed by atoms with van der Waals surface area (Å²) in [5.41, 5.74) is -2.26. The highest BCUT2D eigenvalue weighted by atomic mass is 15.0. The van der Waals surface area contributed by atoms with Crippen molar-refractivity contribution >= 4 is 43.6 Å². The zero-order chi connectivity index (χ0) is 38.5. The van der Waals surface area contributed by atoms with Gasteiger partial charge in [0.2, 0.25) is 0 Å². The standard InChI is InChI=1S/C32H24N2/c1-21-15-17-31-26(19-21)24-10-4-7-13-29(24)33(31)23-16-18-32-27(20-23)25-11-5-8-14-30(25)34(32)28-12-6-3-9-22(28)2/h3-20H,1-2H3/i3D,4D,5D,6D,7D,8D,9D,10D,11D,12D,13D,14D,15D,16D,17D,18D,19D,20D. The van der Waals surface area contributed by atoms with E-state index in [1.54, 1.807) is 0 Å². The van der Waals surface area contributed by atoms with Gasteiger partial charge in [0.25, 0.3) is 0 Å². The number of hydrogen-bond donors (Lipinski definition) is 0. The van der Waals surface area contributed by atoms with Gasteiger partial charge in [-0.15, -0.1) is 0 Å². The monoisotopic (exact) mass is 454 g/mol. The summed E-state index contributed by atoms with van der Waals surface area (Å²) in [5, 5.41) is -1.07. The van der Waals surface area contributed by atoms with Crippen LogP contribution in [0.2, 0.25) is 0 Å². The van der Waals surface area contributed by atoms with Crippen molar-refractivity contribution in [3.05, 3.63) is 120 Å². The quantitative estimate of drug-likeness (QED) is 0.248. The smallest absolute Gasteiger partial charge is 0.0652 e. The Labute approximate surface area is 223 Å². The summed E-state index contributed by atoms with van der Waals surface area (Å²) >= 11 is 0. The molecule has 162 valence electrons. The van der Waals surface area contributed by atoms with Gasteiger partial charge in [-0.1, -0.05) is 66.0 Å². The second kappa shape index (κ2) is 7.10. The molecule has 2 heterocycles. The highest BCUT2D eigenvalue weighted by molar-refractivity contribution is 6.12. The molecule has 2 nitrogen and oxygen atoms in total. The summed E-state index contributed by atoms with van der Waals surface area (Å²) in [6, 6.07) is -11.3. The van der Waals surface area contributed by atoms with Crippen LogP contribution in [0.15, 0.2) is 109 Å². The minimum absolute atomic E-state index is 0.0275. The van der Waals surface area contributed by atoms with E-state index in [4.69, 9.17) is 20.6 Å². The molecule has 0 saturated heterocycles. The molecule has 7 rings (SSSR count). The van der Waals surface area contributed by atoms with Gasteiger partial charge in [0, 0.05) is 32.9 Å². The average molecular weight is 455 g/mol. The van der Waals surface area contributed by atoms with Crippen LogP contribution in [0.4, 0.5) is 0 Å². The molecule has 7 aromatic rings. The van der Waals surface area contributed by atoms with E-state index in [1.165, 1.54) is 13.8 Å². The van der Waals surface area contributed by atoms with Crippen LogP contribution in [0, 0.1) is 13.8 Å². The van der Waals surface area contributed by atoms with Crippen molar-refractivity contribution in [1.82, 2.24) is 9.13 Å². The Morgan fingerprint density at radius 3 is 1.85 bits per heavy atom. The summed E-state index contributed by atoms with van der Waals surface area (Å²) in [6.45, 7) is 2.76. The summed E-state index contributed by atoms with van der Waals surface area (Å²) in [4.78, 5) is 0. The lowest BCUT2D eigenvalue weighted by molar-refractivity contribution is 1.14. The van der Waals surface area contributed by atoms with Crippen LogP contribution in [-0.4, -0.2) is 9.13 Å². The fourth-order valence-corrected chi connectivity index (χ4v) is 4.26.